The molecule has 2 aromatic rings. The van der Waals surface area contributed by atoms with Gasteiger partial charge in [0.2, 0.25) is 5.91 Å². The maximum atomic E-state index is 13.2. The van der Waals surface area contributed by atoms with Crippen molar-refractivity contribution >= 4 is 39.3 Å². The number of halogens is 2. The van der Waals surface area contributed by atoms with E-state index in [2.05, 4.69) is 28.2 Å². The molecule has 1 atom stereocenters. The van der Waals surface area contributed by atoms with E-state index in [0.717, 1.165) is 22.9 Å². The number of carbonyl (C=O) groups excluding carboxylic acids is 2. The number of amides is 2. The van der Waals surface area contributed by atoms with Crippen molar-refractivity contribution in [1.82, 2.24) is 10.2 Å². The molecule has 0 aromatic heterocycles. The zero-order valence-electron chi connectivity index (χ0n) is 18.3. The van der Waals surface area contributed by atoms with Crippen LogP contribution in [0.4, 0.5) is 0 Å². The minimum Gasteiger partial charge on any atom is -0.483 e. The molecule has 2 aromatic carbocycles. The van der Waals surface area contributed by atoms with Gasteiger partial charge in [0.15, 0.2) is 6.61 Å². The van der Waals surface area contributed by atoms with Crippen molar-refractivity contribution in [2.24, 2.45) is 0 Å². The molecule has 0 saturated heterocycles. The highest BCUT2D eigenvalue weighted by molar-refractivity contribution is 9.10. The Morgan fingerprint density at radius 1 is 1.10 bits per heavy atom. The fourth-order valence-electron chi connectivity index (χ4n) is 3.18. The van der Waals surface area contributed by atoms with Gasteiger partial charge in [0.05, 0.1) is 4.47 Å². The third kappa shape index (κ3) is 7.54. The van der Waals surface area contributed by atoms with Crippen molar-refractivity contribution in [1.29, 1.82) is 0 Å². The Morgan fingerprint density at radius 2 is 1.77 bits per heavy atom. The van der Waals surface area contributed by atoms with Crippen molar-refractivity contribution in [3.05, 3.63) is 63.1 Å². The summed E-state index contributed by atoms with van der Waals surface area (Å²) in [7, 11) is 0. The molecule has 0 unspecified atom stereocenters. The molecule has 168 valence electrons. The minimum absolute atomic E-state index is 0.153. The lowest BCUT2D eigenvalue weighted by molar-refractivity contribution is -0.143. The van der Waals surface area contributed by atoms with Crippen LogP contribution in [0, 0.1) is 0 Å². The van der Waals surface area contributed by atoms with Gasteiger partial charge in [-0.15, -0.1) is 0 Å². The van der Waals surface area contributed by atoms with Gasteiger partial charge < -0.3 is 15.0 Å². The van der Waals surface area contributed by atoms with Gasteiger partial charge >= 0.3 is 0 Å². The lowest BCUT2D eigenvalue weighted by atomic mass is 10.1. The Labute approximate surface area is 198 Å². The Kier molecular flexibility index (Phi) is 10.3. The highest BCUT2D eigenvalue weighted by atomic mass is 79.9. The molecule has 0 spiro atoms. The Hall–Kier alpha value is -2.05. The molecule has 0 radical (unpaired) electrons. The molecule has 5 nitrogen and oxygen atoms in total. The van der Waals surface area contributed by atoms with E-state index in [4.69, 9.17) is 16.3 Å². The van der Waals surface area contributed by atoms with Crippen LogP contribution >= 0.6 is 27.5 Å². The van der Waals surface area contributed by atoms with E-state index >= 15 is 0 Å². The van der Waals surface area contributed by atoms with Crippen LogP contribution in [0.5, 0.6) is 5.75 Å². The minimum atomic E-state index is -0.579. The molecular weight excluding hydrogens is 480 g/mol. The summed E-state index contributed by atoms with van der Waals surface area (Å²) in [5, 5.41) is 3.53. The monoisotopic (exact) mass is 508 g/mol. The van der Waals surface area contributed by atoms with E-state index in [-0.39, 0.29) is 18.4 Å². The van der Waals surface area contributed by atoms with Gasteiger partial charge in [-0.2, -0.15) is 0 Å². The second-order valence-electron chi connectivity index (χ2n) is 7.27. The molecule has 0 aliphatic carbocycles. The lowest BCUT2D eigenvalue weighted by Gasteiger charge is -2.30. The summed E-state index contributed by atoms with van der Waals surface area (Å²) < 4.78 is 6.60. The van der Waals surface area contributed by atoms with Crippen molar-refractivity contribution in [2.75, 3.05) is 13.2 Å². The van der Waals surface area contributed by atoms with Crippen molar-refractivity contribution < 1.29 is 14.3 Å². The van der Waals surface area contributed by atoms with Gasteiger partial charge in [0, 0.05) is 18.1 Å². The number of nitrogens with one attached hydrogen (secondary N) is 1. The van der Waals surface area contributed by atoms with Gasteiger partial charge in [0.25, 0.3) is 5.91 Å². The first-order valence-corrected chi connectivity index (χ1v) is 11.8. The van der Waals surface area contributed by atoms with E-state index in [1.54, 1.807) is 17.0 Å². The van der Waals surface area contributed by atoms with E-state index in [0.29, 0.717) is 30.3 Å². The summed E-state index contributed by atoms with van der Waals surface area (Å²) in [6.45, 7) is 6.69. The molecule has 0 aliphatic rings. The van der Waals surface area contributed by atoms with Gasteiger partial charge in [-0.3, -0.25) is 9.59 Å². The molecule has 0 fully saturated rings. The number of carbonyl (C=O) groups is 2. The van der Waals surface area contributed by atoms with E-state index in [9.17, 15) is 9.59 Å². The number of ether oxygens (including phenoxy) is 1. The molecule has 7 heteroatoms. The van der Waals surface area contributed by atoms with Crippen LogP contribution in [-0.2, 0) is 22.6 Å². The van der Waals surface area contributed by atoms with Crippen LogP contribution in [0.15, 0.2) is 46.9 Å². The number of hydrogen-bond donors (Lipinski definition) is 1. The quantitative estimate of drug-likeness (QED) is 0.443. The summed E-state index contributed by atoms with van der Waals surface area (Å²) in [6.07, 6.45) is 2.25. The van der Waals surface area contributed by atoms with Crippen molar-refractivity contribution in [3.63, 3.8) is 0 Å². The molecule has 0 bridgehead atoms. The first-order chi connectivity index (χ1) is 14.9. The fraction of sp³-hybridized carbons (Fsp3) is 0.417. The van der Waals surface area contributed by atoms with Crippen LogP contribution in [0.25, 0.3) is 0 Å². The van der Waals surface area contributed by atoms with Gasteiger partial charge in [-0.05, 0) is 70.6 Å². The third-order valence-corrected chi connectivity index (χ3v) is 5.83. The smallest absolute Gasteiger partial charge is 0.261 e. The fourth-order valence-corrected chi connectivity index (χ4v) is 3.84. The molecule has 1 N–H and O–H groups in total. The first kappa shape index (κ1) is 25.2. The van der Waals surface area contributed by atoms with Crippen LogP contribution in [0.2, 0.25) is 5.02 Å². The lowest BCUT2D eigenvalue weighted by Crippen LogP contribution is -2.50. The molecule has 0 aliphatic heterocycles. The maximum absolute atomic E-state index is 13.2. The van der Waals surface area contributed by atoms with Crippen molar-refractivity contribution in [2.45, 2.75) is 52.6 Å². The molecular formula is C24H30BrClN2O3. The van der Waals surface area contributed by atoms with Crippen LogP contribution in [0.1, 0.15) is 44.7 Å². The predicted octanol–water partition coefficient (Wildman–Crippen LogP) is 5.38. The second-order valence-corrected chi connectivity index (χ2v) is 8.56. The zero-order valence-corrected chi connectivity index (χ0v) is 20.6. The zero-order chi connectivity index (χ0) is 22.8. The number of hydrogen-bond acceptors (Lipinski definition) is 3. The van der Waals surface area contributed by atoms with Crippen molar-refractivity contribution in [3.8, 4) is 5.75 Å². The second kappa shape index (κ2) is 12.7. The highest BCUT2D eigenvalue weighted by Gasteiger charge is 2.28. The van der Waals surface area contributed by atoms with Crippen LogP contribution < -0.4 is 10.1 Å². The Morgan fingerprint density at radius 3 is 2.35 bits per heavy atom. The summed E-state index contributed by atoms with van der Waals surface area (Å²) in [4.78, 5) is 27.5. The topological polar surface area (TPSA) is 58.6 Å². The molecule has 31 heavy (non-hydrogen) atoms. The summed E-state index contributed by atoms with van der Waals surface area (Å²) in [6, 6.07) is 12.5. The van der Waals surface area contributed by atoms with E-state index in [1.165, 1.54) is 5.56 Å². The number of nitrogens with zero attached hydrogens (tertiary/aromatic N) is 1. The van der Waals surface area contributed by atoms with Crippen LogP contribution in [-0.4, -0.2) is 35.9 Å². The Balaban J connectivity index is 2.19. The largest absolute Gasteiger partial charge is 0.483 e. The van der Waals surface area contributed by atoms with E-state index in [1.807, 2.05) is 44.2 Å². The van der Waals surface area contributed by atoms with Gasteiger partial charge in [-0.25, -0.2) is 0 Å². The maximum Gasteiger partial charge on any atom is 0.261 e. The van der Waals surface area contributed by atoms with Crippen LogP contribution in [0.3, 0.4) is 0 Å². The molecule has 2 amide bonds. The highest BCUT2D eigenvalue weighted by Crippen LogP contribution is 2.26. The Bertz CT molecular complexity index is 874. The standard InChI is InChI=1S/C24H30BrClN2O3/c1-4-13-27-24(30)21(6-3)28(15-18-7-10-19(26)11-8-18)23(29)16-31-22-12-9-17(5-2)14-20(22)25/h7-12,14,21H,4-6,13,15-16H2,1-3H3,(H,27,30)/t21-/m0/s1. The average molecular weight is 510 g/mol. The summed E-state index contributed by atoms with van der Waals surface area (Å²) in [5.74, 6) is 0.195. The van der Waals surface area contributed by atoms with Gasteiger partial charge in [0.1, 0.15) is 11.8 Å². The number of benzene rings is 2. The summed E-state index contributed by atoms with van der Waals surface area (Å²) >= 11 is 9.50. The molecule has 2 rings (SSSR count). The molecule has 0 saturated carbocycles. The SMILES string of the molecule is CCCNC(=O)[C@H](CC)N(Cc1ccc(Cl)cc1)C(=O)COc1ccc(CC)cc1Br. The average Bonchev–Trinajstić information content (AvgIpc) is 2.77. The number of aryl methyl sites for hydroxylation is 1. The molecule has 0 heterocycles. The summed E-state index contributed by atoms with van der Waals surface area (Å²) in [5.41, 5.74) is 2.07. The van der Waals surface area contributed by atoms with Gasteiger partial charge in [-0.1, -0.05) is 50.6 Å². The third-order valence-electron chi connectivity index (χ3n) is 4.96. The predicted molar refractivity (Wildman–Crippen MR) is 128 cm³/mol. The normalized spacial score (nSPS) is 11.6. The first-order valence-electron chi connectivity index (χ1n) is 10.6. The number of rotatable bonds is 11. The van der Waals surface area contributed by atoms with E-state index < -0.39 is 6.04 Å².